The maximum absolute atomic E-state index is 11.8. The van der Waals surface area contributed by atoms with Gasteiger partial charge < -0.3 is 4.90 Å². The summed E-state index contributed by atoms with van der Waals surface area (Å²) in [5, 5.41) is 15.3. The second-order valence-electron chi connectivity index (χ2n) is 4.46. The van der Waals surface area contributed by atoms with Gasteiger partial charge in [-0.3, -0.25) is 19.7 Å². The Morgan fingerprint density at radius 3 is 2.62 bits per heavy atom. The van der Waals surface area contributed by atoms with Crippen LogP contribution in [-0.2, 0) is 0 Å². The number of Topliss-reactive ketones (excluding diaryl/α,β-unsaturated/α-hetero) is 1. The first-order valence-corrected chi connectivity index (χ1v) is 6.69. The zero-order chi connectivity index (χ0) is 15.7. The number of ketones is 1. The van der Waals surface area contributed by atoms with E-state index >= 15 is 0 Å². The summed E-state index contributed by atoms with van der Waals surface area (Å²) in [6.07, 6.45) is 1.46. The molecule has 110 valence electrons. The average Bonchev–Trinajstić information content (AvgIpc) is 3.03. The minimum Gasteiger partial charge on any atom is -0.343 e. The molecular weight excluding hydrogens is 296 g/mol. The van der Waals surface area contributed by atoms with Crippen molar-refractivity contribution in [3.05, 3.63) is 39.0 Å². The van der Waals surface area contributed by atoms with E-state index in [1.165, 1.54) is 34.8 Å². The van der Waals surface area contributed by atoms with E-state index in [9.17, 15) is 19.7 Å². The van der Waals surface area contributed by atoms with Crippen molar-refractivity contribution in [1.82, 2.24) is 14.7 Å². The fraction of sp³-hybridized carbons (Fsp3) is 0.250. The molecule has 0 atom stereocenters. The fourth-order valence-corrected chi connectivity index (χ4v) is 2.58. The minimum atomic E-state index is -0.576. The van der Waals surface area contributed by atoms with Crippen LogP contribution in [-0.4, -0.2) is 45.4 Å². The van der Waals surface area contributed by atoms with Gasteiger partial charge in [0.2, 0.25) is 0 Å². The van der Waals surface area contributed by atoms with E-state index in [2.05, 4.69) is 5.10 Å². The van der Waals surface area contributed by atoms with Crippen molar-refractivity contribution in [1.29, 1.82) is 0 Å². The fourth-order valence-electron chi connectivity index (χ4n) is 1.62. The Morgan fingerprint density at radius 1 is 1.43 bits per heavy atom. The van der Waals surface area contributed by atoms with Gasteiger partial charge in [-0.2, -0.15) is 5.10 Å². The third-order valence-electron chi connectivity index (χ3n) is 2.66. The molecule has 0 N–H and O–H groups in total. The number of thiophene rings is 1. The van der Waals surface area contributed by atoms with Gasteiger partial charge in [-0.15, -0.1) is 11.3 Å². The SMILES string of the molecule is CC(=O)c1cc([N+](=O)[O-])c(-n2ccc(C(=O)N(C)C)n2)s1. The number of hydrogen-bond donors (Lipinski definition) is 0. The topological polar surface area (TPSA) is 98.3 Å². The highest BCUT2D eigenvalue weighted by molar-refractivity contribution is 7.17. The number of aromatic nitrogens is 2. The highest BCUT2D eigenvalue weighted by atomic mass is 32.1. The monoisotopic (exact) mass is 308 g/mol. The Morgan fingerprint density at radius 2 is 2.10 bits per heavy atom. The molecule has 9 heteroatoms. The molecule has 2 aromatic rings. The van der Waals surface area contributed by atoms with Gasteiger partial charge in [-0.25, -0.2) is 4.68 Å². The van der Waals surface area contributed by atoms with Gasteiger partial charge in [0.15, 0.2) is 16.5 Å². The van der Waals surface area contributed by atoms with E-state index in [-0.39, 0.29) is 32.9 Å². The predicted molar refractivity (Wildman–Crippen MR) is 76.1 cm³/mol. The molecular formula is C12H12N4O4S. The Balaban J connectivity index is 2.49. The van der Waals surface area contributed by atoms with E-state index in [0.29, 0.717) is 0 Å². The van der Waals surface area contributed by atoms with Crippen molar-refractivity contribution in [2.24, 2.45) is 0 Å². The van der Waals surface area contributed by atoms with Crippen molar-refractivity contribution < 1.29 is 14.5 Å². The van der Waals surface area contributed by atoms with Gasteiger partial charge in [-0.05, 0) is 13.0 Å². The maximum Gasteiger partial charge on any atom is 0.306 e. The molecule has 2 aromatic heterocycles. The van der Waals surface area contributed by atoms with Crippen LogP contribution >= 0.6 is 11.3 Å². The lowest BCUT2D eigenvalue weighted by Crippen LogP contribution is -2.22. The Labute approximate surface area is 123 Å². The number of hydrogen-bond acceptors (Lipinski definition) is 6. The zero-order valence-electron chi connectivity index (χ0n) is 11.6. The number of rotatable bonds is 4. The van der Waals surface area contributed by atoms with Crippen molar-refractivity contribution in [3.8, 4) is 5.00 Å². The van der Waals surface area contributed by atoms with Gasteiger partial charge in [0.1, 0.15) is 0 Å². The van der Waals surface area contributed by atoms with Gasteiger partial charge in [0.25, 0.3) is 5.91 Å². The zero-order valence-corrected chi connectivity index (χ0v) is 12.4. The first-order valence-electron chi connectivity index (χ1n) is 5.88. The number of carbonyl (C=O) groups is 2. The van der Waals surface area contributed by atoms with Crippen LogP contribution in [0.5, 0.6) is 0 Å². The summed E-state index contributed by atoms with van der Waals surface area (Å²) in [7, 11) is 3.17. The third kappa shape index (κ3) is 2.82. The molecule has 0 aliphatic carbocycles. The van der Waals surface area contributed by atoms with Crippen molar-refractivity contribution in [2.75, 3.05) is 14.1 Å². The molecule has 0 aliphatic heterocycles. The average molecular weight is 308 g/mol. The minimum absolute atomic E-state index is 0.173. The third-order valence-corrected chi connectivity index (χ3v) is 3.87. The van der Waals surface area contributed by atoms with Crippen molar-refractivity contribution in [3.63, 3.8) is 0 Å². The smallest absolute Gasteiger partial charge is 0.306 e. The number of amides is 1. The van der Waals surface area contributed by atoms with Crippen LogP contribution in [0, 0.1) is 10.1 Å². The maximum atomic E-state index is 11.8. The van der Waals surface area contributed by atoms with Gasteiger partial charge in [0.05, 0.1) is 9.80 Å². The summed E-state index contributed by atoms with van der Waals surface area (Å²) in [4.78, 5) is 35.3. The molecule has 21 heavy (non-hydrogen) atoms. The van der Waals surface area contributed by atoms with Crippen LogP contribution in [0.1, 0.15) is 27.1 Å². The van der Waals surface area contributed by atoms with Crippen LogP contribution in [0.15, 0.2) is 18.3 Å². The molecule has 1 amide bonds. The van der Waals surface area contributed by atoms with Gasteiger partial charge in [0, 0.05) is 26.4 Å². The second kappa shape index (κ2) is 5.44. The van der Waals surface area contributed by atoms with E-state index in [1.54, 1.807) is 14.1 Å². The molecule has 0 saturated carbocycles. The summed E-state index contributed by atoms with van der Waals surface area (Å²) < 4.78 is 1.24. The molecule has 0 radical (unpaired) electrons. The van der Waals surface area contributed by atoms with Crippen LogP contribution in [0.25, 0.3) is 5.00 Å². The van der Waals surface area contributed by atoms with Crippen molar-refractivity contribution >= 4 is 28.7 Å². The first-order chi connectivity index (χ1) is 9.81. The van der Waals surface area contributed by atoms with E-state index in [0.717, 1.165) is 11.3 Å². The molecule has 8 nitrogen and oxygen atoms in total. The summed E-state index contributed by atoms with van der Waals surface area (Å²) >= 11 is 0.967. The highest BCUT2D eigenvalue weighted by Gasteiger charge is 2.24. The summed E-state index contributed by atoms with van der Waals surface area (Å²) in [5.74, 6) is -0.564. The molecule has 0 aromatic carbocycles. The van der Waals surface area contributed by atoms with E-state index in [1.807, 2.05) is 0 Å². The second-order valence-corrected chi connectivity index (χ2v) is 5.49. The molecule has 2 rings (SSSR count). The molecule has 0 saturated heterocycles. The Kier molecular flexibility index (Phi) is 3.85. The standard InChI is InChI=1S/C12H12N4O4S/c1-7(17)10-6-9(16(19)20)12(21-10)15-5-4-8(13-15)11(18)14(2)3/h4-6H,1-3H3. The number of carbonyl (C=O) groups excluding carboxylic acids is 2. The van der Waals surface area contributed by atoms with Gasteiger partial charge >= 0.3 is 5.69 Å². The van der Waals surface area contributed by atoms with Crippen LogP contribution < -0.4 is 0 Å². The van der Waals surface area contributed by atoms with Crippen LogP contribution in [0.4, 0.5) is 5.69 Å². The Hall–Kier alpha value is -2.55. The number of nitrogens with zero attached hydrogens (tertiary/aromatic N) is 4. The lowest BCUT2D eigenvalue weighted by molar-refractivity contribution is -0.384. The Bertz CT molecular complexity index is 731. The molecule has 0 fully saturated rings. The molecule has 0 unspecified atom stereocenters. The van der Waals surface area contributed by atoms with Crippen LogP contribution in [0.2, 0.25) is 0 Å². The normalized spacial score (nSPS) is 10.4. The molecule has 0 aliphatic rings. The highest BCUT2D eigenvalue weighted by Crippen LogP contribution is 2.32. The lowest BCUT2D eigenvalue weighted by Gasteiger charge is -2.06. The van der Waals surface area contributed by atoms with Crippen LogP contribution in [0.3, 0.4) is 0 Å². The number of nitro groups is 1. The molecule has 2 heterocycles. The summed E-state index contributed by atoms with van der Waals surface area (Å²) in [6.45, 7) is 1.34. The quantitative estimate of drug-likeness (QED) is 0.487. The molecule has 0 bridgehead atoms. The largest absolute Gasteiger partial charge is 0.343 e. The summed E-state index contributed by atoms with van der Waals surface area (Å²) in [6, 6.07) is 2.69. The van der Waals surface area contributed by atoms with E-state index in [4.69, 9.17) is 0 Å². The van der Waals surface area contributed by atoms with Gasteiger partial charge in [-0.1, -0.05) is 0 Å². The van der Waals surface area contributed by atoms with E-state index < -0.39 is 4.92 Å². The predicted octanol–water partition coefficient (Wildman–Crippen LogP) is 1.75. The lowest BCUT2D eigenvalue weighted by atomic mass is 10.3. The van der Waals surface area contributed by atoms with Crippen molar-refractivity contribution in [2.45, 2.75) is 6.92 Å². The summed E-state index contributed by atoms with van der Waals surface area (Å²) in [5.41, 5.74) is -0.0378. The molecule has 0 spiro atoms. The first kappa shape index (κ1) is 14.9.